The second kappa shape index (κ2) is 5.73. The van der Waals surface area contributed by atoms with Crippen LogP contribution in [0, 0.1) is 5.92 Å². The summed E-state index contributed by atoms with van der Waals surface area (Å²) in [7, 11) is 0. The number of nitrogens with one attached hydrogen (secondary N) is 1. The van der Waals surface area contributed by atoms with Gasteiger partial charge < -0.3 is 10.1 Å². The minimum Gasteiger partial charge on any atom is -0.406 e. The highest BCUT2D eigenvalue weighted by atomic mass is 19.4. The van der Waals surface area contributed by atoms with E-state index in [0.29, 0.717) is 0 Å². The van der Waals surface area contributed by atoms with Crippen LogP contribution in [0.25, 0.3) is 0 Å². The topological polar surface area (TPSA) is 38.3 Å². The van der Waals surface area contributed by atoms with Crippen molar-refractivity contribution in [2.24, 2.45) is 5.92 Å². The quantitative estimate of drug-likeness (QED) is 0.919. The molecule has 0 bridgehead atoms. The third-order valence-electron chi connectivity index (χ3n) is 3.45. The smallest absolute Gasteiger partial charge is 0.406 e. The fourth-order valence-corrected chi connectivity index (χ4v) is 2.04. The van der Waals surface area contributed by atoms with Gasteiger partial charge >= 0.3 is 6.36 Å². The van der Waals surface area contributed by atoms with E-state index in [0.717, 1.165) is 24.8 Å². The molecule has 0 aliphatic heterocycles. The van der Waals surface area contributed by atoms with E-state index in [1.165, 1.54) is 24.3 Å². The zero-order valence-corrected chi connectivity index (χ0v) is 11.0. The molecule has 2 rings (SSSR count). The van der Waals surface area contributed by atoms with E-state index in [9.17, 15) is 18.0 Å². The fraction of sp³-hybridized carbons (Fsp3) is 0.500. The molecule has 1 N–H and O–H groups in total. The number of hydrogen-bond donors (Lipinski definition) is 1. The summed E-state index contributed by atoms with van der Waals surface area (Å²) in [5.74, 6) is -0.163. The van der Waals surface area contributed by atoms with Crippen molar-refractivity contribution in [3.63, 3.8) is 0 Å². The first-order chi connectivity index (χ1) is 9.35. The van der Waals surface area contributed by atoms with Gasteiger partial charge in [-0.1, -0.05) is 18.6 Å². The third kappa shape index (κ3) is 3.88. The minimum atomic E-state index is -4.69. The molecule has 1 aliphatic carbocycles. The van der Waals surface area contributed by atoms with E-state index in [1.807, 2.05) is 0 Å². The lowest BCUT2D eigenvalue weighted by atomic mass is 9.84. The molecular formula is C14H16F3NO2. The Kier molecular flexibility index (Phi) is 4.20. The first-order valence-electron chi connectivity index (χ1n) is 6.51. The third-order valence-corrected chi connectivity index (χ3v) is 3.45. The van der Waals surface area contributed by atoms with Crippen LogP contribution >= 0.6 is 0 Å². The summed E-state index contributed by atoms with van der Waals surface area (Å²) in [6.45, 7) is 1.80. The van der Waals surface area contributed by atoms with Crippen LogP contribution in [0.2, 0.25) is 0 Å². The summed E-state index contributed by atoms with van der Waals surface area (Å²) in [5.41, 5.74) is 0.743. The minimum absolute atomic E-state index is 0.0133. The summed E-state index contributed by atoms with van der Waals surface area (Å²) in [4.78, 5) is 11.8. The van der Waals surface area contributed by atoms with Crippen LogP contribution < -0.4 is 10.1 Å². The maximum absolute atomic E-state index is 12.0. The Bertz CT molecular complexity index is 466. The first kappa shape index (κ1) is 14.7. The second-order valence-corrected chi connectivity index (χ2v) is 4.97. The molecule has 0 aromatic heterocycles. The maximum Gasteiger partial charge on any atom is 0.573 e. The Morgan fingerprint density at radius 1 is 1.30 bits per heavy atom. The average molecular weight is 287 g/mol. The number of halogens is 3. The van der Waals surface area contributed by atoms with Gasteiger partial charge in [0.25, 0.3) is 0 Å². The van der Waals surface area contributed by atoms with Crippen LogP contribution in [-0.4, -0.2) is 12.3 Å². The summed E-state index contributed by atoms with van der Waals surface area (Å²) in [6, 6.07) is 5.30. The molecular weight excluding hydrogens is 271 g/mol. The number of benzene rings is 1. The Balaban J connectivity index is 1.93. The molecule has 1 aliphatic rings. The summed E-state index contributed by atoms with van der Waals surface area (Å²) >= 11 is 0. The van der Waals surface area contributed by atoms with Gasteiger partial charge in [-0.25, -0.2) is 0 Å². The summed E-state index contributed by atoms with van der Waals surface area (Å²) in [6.07, 6.45) is -1.78. The zero-order chi connectivity index (χ0) is 14.8. The van der Waals surface area contributed by atoms with Gasteiger partial charge in [0, 0.05) is 5.92 Å². The summed E-state index contributed by atoms with van der Waals surface area (Å²) in [5, 5.41) is 2.86. The molecule has 0 unspecified atom stereocenters. The van der Waals surface area contributed by atoms with E-state index in [-0.39, 0.29) is 23.6 Å². The molecule has 20 heavy (non-hydrogen) atoms. The van der Waals surface area contributed by atoms with Crippen molar-refractivity contribution in [2.75, 3.05) is 0 Å². The Hall–Kier alpha value is -1.72. The summed E-state index contributed by atoms with van der Waals surface area (Å²) < 4.78 is 39.9. The number of rotatable bonds is 4. The van der Waals surface area contributed by atoms with Crippen LogP contribution in [0.3, 0.4) is 0 Å². The molecule has 110 valence electrons. The van der Waals surface area contributed by atoms with Crippen LogP contribution in [0.15, 0.2) is 24.3 Å². The van der Waals surface area contributed by atoms with Crippen molar-refractivity contribution in [1.29, 1.82) is 0 Å². The van der Waals surface area contributed by atoms with Crippen molar-refractivity contribution in [1.82, 2.24) is 5.32 Å². The molecule has 1 aromatic rings. The molecule has 1 saturated carbocycles. The Labute approximate surface area is 115 Å². The van der Waals surface area contributed by atoms with Crippen molar-refractivity contribution in [3.05, 3.63) is 29.8 Å². The lowest BCUT2D eigenvalue weighted by Gasteiger charge is -2.26. The van der Waals surface area contributed by atoms with Crippen molar-refractivity contribution < 1.29 is 22.7 Å². The van der Waals surface area contributed by atoms with E-state index < -0.39 is 6.36 Å². The lowest BCUT2D eigenvalue weighted by Crippen LogP contribution is -2.35. The van der Waals surface area contributed by atoms with E-state index in [4.69, 9.17) is 0 Å². The second-order valence-electron chi connectivity index (χ2n) is 4.97. The van der Waals surface area contributed by atoms with Gasteiger partial charge in [0.1, 0.15) is 5.75 Å². The number of ether oxygens (including phenoxy) is 1. The van der Waals surface area contributed by atoms with E-state index in [2.05, 4.69) is 10.1 Å². The first-order valence-corrected chi connectivity index (χ1v) is 6.51. The molecule has 1 aromatic carbocycles. The van der Waals surface area contributed by atoms with Crippen molar-refractivity contribution in [3.8, 4) is 5.75 Å². The highest BCUT2D eigenvalue weighted by Gasteiger charge is 2.31. The molecule has 0 radical (unpaired) electrons. The van der Waals surface area contributed by atoms with Crippen LogP contribution in [0.5, 0.6) is 5.75 Å². The monoisotopic (exact) mass is 287 g/mol. The predicted octanol–water partition coefficient (Wildman–Crippen LogP) is 3.56. The predicted molar refractivity (Wildman–Crippen MR) is 67.0 cm³/mol. The van der Waals surface area contributed by atoms with Gasteiger partial charge in [-0.2, -0.15) is 0 Å². The van der Waals surface area contributed by atoms with Crippen molar-refractivity contribution >= 4 is 5.91 Å². The highest BCUT2D eigenvalue weighted by Crippen LogP contribution is 2.28. The van der Waals surface area contributed by atoms with Gasteiger partial charge in [-0.05, 0) is 37.5 Å². The highest BCUT2D eigenvalue weighted by molar-refractivity contribution is 5.79. The average Bonchev–Trinajstić information content (AvgIpc) is 2.24. The van der Waals surface area contributed by atoms with Gasteiger partial charge in [0.2, 0.25) is 5.91 Å². The molecule has 1 atom stereocenters. The molecule has 0 spiro atoms. The molecule has 1 amide bonds. The Morgan fingerprint density at radius 3 is 2.35 bits per heavy atom. The number of carbonyl (C=O) groups excluding carboxylic acids is 1. The van der Waals surface area contributed by atoms with Crippen LogP contribution in [-0.2, 0) is 4.79 Å². The number of amides is 1. The molecule has 0 heterocycles. The number of alkyl halides is 3. The molecule has 3 nitrogen and oxygen atoms in total. The maximum atomic E-state index is 12.0. The SMILES string of the molecule is C[C@@H](NC(=O)C1CCC1)c1ccc(OC(F)(F)F)cc1. The number of carbonyl (C=O) groups is 1. The van der Waals surface area contributed by atoms with E-state index >= 15 is 0 Å². The molecule has 1 fully saturated rings. The van der Waals surface area contributed by atoms with Crippen LogP contribution in [0.1, 0.15) is 37.8 Å². The Morgan fingerprint density at radius 2 is 1.90 bits per heavy atom. The van der Waals surface area contributed by atoms with Gasteiger partial charge in [-0.15, -0.1) is 13.2 Å². The fourth-order valence-electron chi connectivity index (χ4n) is 2.04. The van der Waals surface area contributed by atoms with Gasteiger partial charge in [0.05, 0.1) is 6.04 Å². The van der Waals surface area contributed by atoms with Gasteiger partial charge in [-0.3, -0.25) is 4.79 Å². The molecule has 6 heteroatoms. The molecule has 0 saturated heterocycles. The normalized spacial score (nSPS) is 17.2. The standard InChI is InChI=1S/C14H16F3NO2/c1-9(18-13(19)11-3-2-4-11)10-5-7-12(8-6-10)20-14(15,16)17/h5-9,11H,2-4H2,1H3,(H,18,19)/t9-/m1/s1. The zero-order valence-electron chi connectivity index (χ0n) is 11.0. The largest absolute Gasteiger partial charge is 0.573 e. The number of hydrogen-bond acceptors (Lipinski definition) is 2. The van der Waals surface area contributed by atoms with Gasteiger partial charge in [0.15, 0.2) is 0 Å². The van der Waals surface area contributed by atoms with E-state index in [1.54, 1.807) is 6.92 Å². The lowest BCUT2D eigenvalue weighted by molar-refractivity contribution is -0.274. The van der Waals surface area contributed by atoms with Crippen molar-refractivity contribution in [2.45, 2.75) is 38.6 Å². The van der Waals surface area contributed by atoms with Crippen LogP contribution in [0.4, 0.5) is 13.2 Å².